The summed E-state index contributed by atoms with van der Waals surface area (Å²) in [6.45, 7) is 0. The molecule has 2 heterocycles. The Morgan fingerprint density at radius 1 is 0.862 bits per heavy atom. The van der Waals surface area contributed by atoms with Crippen LogP contribution in [0.5, 0.6) is 0 Å². The fourth-order valence-electron chi connectivity index (χ4n) is 2.64. The number of benzene rings is 2. The average Bonchev–Trinajstić information content (AvgIpc) is 3.39. The second kappa shape index (κ2) is 7.50. The summed E-state index contributed by atoms with van der Waals surface area (Å²) in [5.74, 6) is -0.478. The van der Waals surface area contributed by atoms with Crippen molar-refractivity contribution in [2.75, 3.05) is 0 Å². The van der Waals surface area contributed by atoms with Crippen LogP contribution in [0.1, 0.15) is 5.01 Å². The molecule has 0 radical (unpaired) electrons. The van der Waals surface area contributed by atoms with Crippen LogP contribution in [0.4, 0.5) is 0 Å². The summed E-state index contributed by atoms with van der Waals surface area (Å²) in [5.41, 5.74) is 0.823. The first kappa shape index (κ1) is 19.4. The molecule has 0 saturated carbocycles. The number of hydrogen-bond donors (Lipinski definition) is 1. The topological polar surface area (TPSA) is 123 Å². The van der Waals surface area contributed by atoms with Gasteiger partial charge in [-0.05, 0) is 12.1 Å². The molecule has 148 valence electrons. The molecule has 4 aromatic rings. The van der Waals surface area contributed by atoms with Gasteiger partial charge in [0.15, 0.2) is 14.9 Å². The highest BCUT2D eigenvalue weighted by molar-refractivity contribution is 7.94. The van der Waals surface area contributed by atoms with Crippen LogP contribution in [0.2, 0.25) is 0 Å². The zero-order valence-electron chi connectivity index (χ0n) is 14.8. The minimum absolute atomic E-state index is 0.0250. The molecule has 0 bridgehead atoms. The minimum atomic E-state index is -4.07. The molecule has 4 rings (SSSR count). The third kappa shape index (κ3) is 3.84. The lowest BCUT2D eigenvalue weighted by atomic mass is 10.2. The Morgan fingerprint density at radius 3 is 2.21 bits per heavy atom. The van der Waals surface area contributed by atoms with Crippen molar-refractivity contribution in [2.45, 2.75) is 20.6 Å². The number of rotatable bonds is 6. The van der Waals surface area contributed by atoms with Crippen molar-refractivity contribution in [1.82, 2.24) is 20.4 Å². The molecule has 0 aliphatic heterocycles. The lowest BCUT2D eigenvalue weighted by Crippen LogP contribution is -2.11. The van der Waals surface area contributed by atoms with E-state index in [1.165, 1.54) is 12.1 Å². The van der Waals surface area contributed by atoms with Crippen LogP contribution in [-0.4, -0.2) is 37.2 Å². The van der Waals surface area contributed by atoms with E-state index >= 15 is 0 Å². The van der Waals surface area contributed by atoms with Crippen molar-refractivity contribution in [2.24, 2.45) is 0 Å². The molecule has 0 aliphatic carbocycles. The molecule has 1 N–H and O–H groups in total. The average molecular weight is 447 g/mol. The third-order valence-electron chi connectivity index (χ3n) is 4.03. The molecule has 29 heavy (non-hydrogen) atoms. The highest BCUT2D eigenvalue weighted by atomic mass is 32.2. The van der Waals surface area contributed by atoms with Gasteiger partial charge >= 0.3 is 0 Å². The van der Waals surface area contributed by atoms with E-state index in [-0.39, 0.29) is 9.90 Å². The number of aromatic amines is 1. The van der Waals surface area contributed by atoms with Crippen LogP contribution in [0.25, 0.3) is 10.6 Å². The van der Waals surface area contributed by atoms with Crippen LogP contribution in [-0.2, 0) is 25.4 Å². The molecule has 0 atom stereocenters. The van der Waals surface area contributed by atoms with Gasteiger partial charge in [-0.15, -0.1) is 10.2 Å². The van der Waals surface area contributed by atoms with Crippen LogP contribution < -0.4 is 0 Å². The second-order valence-corrected chi connectivity index (χ2v) is 10.9. The predicted molar refractivity (Wildman–Crippen MR) is 107 cm³/mol. The maximum absolute atomic E-state index is 12.9. The predicted octanol–water partition coefficient (Wildman–Crippen LogP) is 2.73. The third-order valence-corrected chi connectivity index (χ3v) is 8.69. The Balaban J connectivity index is 1.67. The highest BCUT2D eigenvalue weighted by Crippen LogP contribution is 2.29. The van der Waals surface area contributed by atoms with Gasteiger partial charge in [0.1, 0.15) is 20.7 Å². The van der Waals surface area contributed by atoms with E-state index in [0.717, 1.165) is 23.1 Å². The van der Waals surface area contributed by atoms with E-state index in [4.69, 9.17) is 0 Å². The van der Waals surface area contributed by atoms with Gasteiger partial charge in [-0.3, -0.25) is 5.10 Å². The Kier molecular flexibility index (Phi) is 5.03. The van der Waals surface area contributed by atoms with Crippen LogP contribution in [0.3, 0.4) is 0 Å². The van der Waals surface area contributed by atoms with Crippen molar-refractivity contribution in [1.29, 1.82) is 0 Å². The molecule has 0 unspecified atom stereocenters. The van der Waals surface area contributed by atoms with Gasteiger partial charge in [0.25, 0.3) is 0 Å². The largest absolute Gasteiger partial charge is 0.266 e. The summed E-state index contributed by atoms with van der Waals surface area (Å²) >= 11 is 1.14. The molecule has 0 aliphatic rings. The van der Waals surface area contributed by atoms with Crippen molar-refractivity contribution in [3.8, 4) is 10.6 Å². The van der Waals surface area contributed by atoms with E-state index in [2.05, 4.69) is 20.4 Å². The first-order valence-corrected chi connectivity index (χ1v) is 12.3. The van der Waals surface area contributed by atoms with Crippen LogP contribution >= 0.6 is 11.3 Å². The summed E-state index contributed by atoms with van der Waals surface area (Å²) in [5, 5.41) is 14.3. The Labute approximate surface area is 171 Å². The van der Waals surface area contributed by atoms with Crippen LogP contribution in [0, 0.1) is 0 Å². The van der Waals surface area contributed by atoms with E-state index in [9.17, 15) is 16.8 Å². The van der Waals surface area contributed by atoms with Gasteiger partial charge < -0.3 is 0 Å². The molecular formula is C18H14N4O4S3. The summed E-state index contributed by atoms with van der Waals surface area (Å²) < 4.78 is 51.5. The Morgan fingerprint density at radius 2 is 1.52 bits per heavy atom. The number of hydrogen-bond acceptors (Lipinski definition) is 8. The van der Waals surface area contributed by atoms with Crippen molar-refractivity contribution < 1.29 is 16.8 Å². The summed E-state index contributed by atoms with van der Waals surface area (Å²) in [6, 6.07) is 16.8. The van der Waals surface area contributed by atoms with Gasteiger partial charge in [0, 0.05) is 5.56 Å². The van der Waals surface area contributed by atoms with E-state index in [1.807, 2.05) is 30.3 Å². The maximum atomic E-state index is 12.9. The Bertz CT molecular complexity index is 1350. The fraction of sp³-hybridized carbons (Fsp3) is 0.0556. The summed E-state index contributed by atoms with van der Waals surface area (Å²) in [4.78, 5) is -0.416. The molecule has 2 aromatic heterocycles. The van der Waals surface area contributed by atoms with E-state index in [0.29, 0.717) is 5.01 Å². The van der Waals surface area contributed by atoms with Gasteiger partial charge in [-0.2, -0.15) is 5.10 Å². The van der Waals surface area contributed by atoms with E-state index < -0.39 is 35.3 Å². The van der Waals surface area contributed by atoms with Gasteiger partial charge in [0.05, 0.1) is 11.1 Å². The number of nitrogens with zero attached hydrogens (tertiary/aromatic N) is 3. The van der Waals surface area contributed by atoms with Gasteiger partial charge in [-0.1, -0.05) is 59.9 Å². The summed E-state index contributed by atoms with van der Waals surface area (Å²) in [7, 11) is -8.09. The fourth-order valence-corrected chi connectivity index (χ4v) is 7.02. The molecule has 11 heteroatoms. The molecule has 2 aromatic carbocycles. The number of aromatic nitrogens is 4. The zero-order chi connectivity index (χ0) is 20.5. The molecule has 0 spiro atoms. The minimum Gasteiger partial charge on any atom is -0.266 e. The molecule has 8 nitrogen and oxygen atoms in total. The lowest BCUT2D eigenvalue weighted by molar-refractivity contribution is 0.579. The summed E-state index contributed by atoms with van der Waals surface area (Å²) in [6.07, 6.45) is 1.00. The molecule has 0 fully saturated rings. The normalized spacial score (nSPS) is 12.1. The van der Waals surface area contributed by atoms with Gasteiger partial charge in [-0.25, -0.2) is 16.8 Å². The lowest BCUT2D eigenvalue weighted by Gasteiger charge is -2.05. The molecule has 0 saturated heterocycles. The van der Waals surface area contributed by atoms with Crippen molar-refractivity contribution in [3.63, 3.8) is 0 Å². The highest BCUT2D eigenvalue weighted by Gasteiger charge is 2.31. The smallest absolute Gasteiger partial charge is 0.224 e. The van der Waals surface area contributed by atoms with Crippen LogP contribution in [0.15, 0.2) is 81.7 Å². The first-order valence-electron chi connectivity index (χ1n) is 8.32. The Hall–Kier alpha value is -2.89. The quantitative estimate of drug-likeness (QED) is 0.483. The van der Waals surface area contributed by atoms with E-state index in [1.54, 1.807) is 18.2 Å². The second-order valence-electron chi connectivity index (χ2n) is 6.01. The van der Waals surface area contributed by atoms with Crippen molar-refractivity contribution >= 4 is 31.0 Å². The number of nitrogens with one attached hydrogen (secondary N) is 1. The number of sulfone groups is 2. The maximum Gasteiger partial charge on any atom is 0.224 e. The number of H-pyrrole nitrogens is 1. The standard InChI is InChI=1S/C18H14N4O4S3/c23-28(24,12-16-20-21-17(27-16)13-7-3-1-4-8-13)15-11-19-22-18(15)29(25,26)14-9-5-2-6-10-14/h1-11H,12H2,(H,19,22). The van der Waals surface area contributed by atoms with Gasteiger partial charge in [0.2, 0.25) is 9.84 Å². The first-order chi connectivity index (χ1) is 13.9. The SMILES string of the molecule is O=S(=O)(Cc1nnc(-c2ccccc2)s1)c1cn[nH]c1S(=O)(=O)c1ccccc1. The zero-order valence-corrected chi connectivity index (χ0v) is 17.2. The molecule has 0 amide bonds. The monoisotopic (exact) mass is 446 g/mol. The van der Waals surface area contributed by atoms with Crippen molar-refractivity contribution in [3.05, 3.63) is 71.9 Å². The molecular weight excluding hydrogens is 432 g/mol.